The van der Waals surface area contributed by atoms with Crippen LogP contribution < -0.4 is 10.6 Å². The predicted molar refractivity (Wildman–Crippen MR) is 81.4 cm³/mol. The molecule has 1 saturated heterocycles. The van der Waals surface area contributed by atoms with E-state index < -0.39 is 6.04 Å². The Bertz CT molecular complexity index is 557. The van der Waals surface area contributed by atoms with Gasteiger partial charge >= 0.3 is 0 Å². The zero-order valence-electron chi connectivity index (χ0n) is 12.9. The molecule has 0 aliphatic carbocycles. The van der Waals surface area contributed by atoms with Gasteiger partial charge in [0.05, 0.1) is 0 Å². The van der Waals surface area contributed by atoms with Gasteiger partial charge in [0.15, 0.2) is 0 Å². The zero-order chi connectivity index (χ0) is 15.6. The van der Waals surface area contributed by atoms with Crippen molar-refractivity contribution in [1.29, 1.82) is 0 Å². The standard InChI is InChI=1S/C15H22N4O2/c1-9(2)12-7-11(8-13(16-4)18-12)15(21)19-6-5-17-14(20)10(19)3/h7-10H,5-6H2,1-4H3,(H,16,18)(H,17,20). The summed E-state index contributed by atoms with van der Waals surface area (Å²) < 4.78 is 0. The van der Waals surface area contributed by atoms with E-state index in [9.17, 15) is 9.59 Å². The molecule has 1 unspecified atom stereocenters. The van der Waals surface area contributed by atoms with Crippen LogP contribution in [0.15, 0.2) is 12.1 Å². The summed E-state index contributed by atoms with van der Waals surface area (Å²) in [4.78, 5) is 30.5. The van der Waals surface area contributed by atoms with Crippen molar-refractivity contribution in [3.05, 3.63) is 23.4 Å². The average molecular weight is 290 g/mol. The number of hydrogen-bond donors (Lipinski definition) is 2. The van der Waals surface area contributed by atoms with Crippen molar-refractivity contribution in [2.75, 3.05) is 25.5 Å². The SMILES string of the molecule is CNc1cc(C(=O)N2CCNC(=O)C2C)cc(C(C)C)n1. The van der Waals surface area contributed by atoms with Gasteiger partial charge in [-0.1, -0.05) is 13.8 Å². The number of piperazine rings is 1. The average Bonchev–Trinajstić information content (AvgIpc) is 2.48. The number of anilines is 1. The first-order valence-corrected chi connectivity index (χ1v) is 7.22. The molecule has 0 spiro atoms. The lowest BCUT2D eigenvalue weighted by molar-refractivity contribution is -0.127. The molecule has 1 fully saturated rings. The Kier molecular flexibility index (Phi) is 4.45. The van der Waals surface area contributed by atoms with Gasteiger partial charge in [0.1, 0.15) is 11.9 Å². The van der Waals surface area contributed by atoms with Gasteiger partial charge in [-0.05, 0) is 25.0 Å². The monoisotopic (exact) mass is 290 g/mol. The molecule has 0 bridgehead atoms. The smallest absolute Gasteiger partial charge is 0.254 e. The summed E-state index contributed by atoms with van der Waals surface area (Å²) in [5, 5.41) is 5.74. The molecule has 2 heterocycles. The molecule has 0 aromatic carbocycles. The molecule has 0 saturated carbocycles. The molecule has 6 nitrogen and oxygen atoms in total. The van der Waals surface area contributed by atoms with Crippen LogP contribution in [0, 0.1) is 0 Å². The first kappa shape index (κ1) is 15.3. The van der Waals surface area contributed by atoms with Crippen LogP contribution >= 0.6 is 0 Å². The summed E-state index contributed by atoms with van der Waals surface area (Å²) in [6.07, 6.45) is 0. The third kappa shape index (κ3) is 3.15. The Morgan fingerprint density at radius 2 is 2.19 bits per heavy atom. The first-order valence-electron chi connectivity index (χ1n) is 7.22. The second-order valence-electron chi connectivity index (χ2n) is 5.54. The van der Waals surface area contributed by atoms with Gasteiger partial charge in [-0.15, -0.1) is 0 Å². The summed E-state index contributed by atoms with van der Waals surface area (Å²) in [5.41, 5.74) is 1.43. The Hall–Kier alpha value is -2.11. The van der Waals surface area contributed by atoms with Crippen molar-refractivity contribution >= 4 is 17.6 Å². The van der Waals surface area contributed by atoms with Gasteiger partial charge in [-0.3, -0.25) is 9.59 Å². The molecule has 1 aromatic heterocycles. The first-order chi connectivity index (χ1) is 9.93. The van der Waals surface area contributed by atoms with Crippen LogP contribution in [-0.4, -0.2) is 47.9 Å². The number of aromatic nitrogens is 1. The van der Waals surface area contributed by atoms with Crippen LogP contribution in [0.1, 0.15) is 42.7 Å². The third-order valence-corrected chi connectivity index (χ3v) is 3.70. The van der Waals surface area contributed by atoms with Gasteiger partial charge in [0.2, 0.25) is 5.91 Å². The fraction of sp³-hybridized carbons (Fsp3) is 0.533. The van der Waals surface area contributed by atoms with E-state index in [-0.39, 0.29) is 17.7 Å². The molecule has 1 aliphatic heterocycles. The quantitative estimate of drug-likeness (QED) is 0.877. The second-order valence-corrected chi connectivity index (χ2v) is 5.54. The molecule has 2 rings (SSSR count). The number of hydrogen-bond acceptors (Lipinski definition) is 4. The van der Waals surface area contributed by atoms with Gasteiger partial charge < -0.3 is 15.5 Å². The van der Waals surface area contributed by atoms with E-state index in [1.807, 2.05) is 19.9 Å². The molecular weight excluding hydrogens is 268 g/mol. The van der Waals surface area contributed by atoms with Gasteiger partial charge in [-0.25, -0.2) is 4.98 Å². The lowest BCUT2D eigenvalue weighted by atomic mass is 10.1. The van der Waals surface area contributed by atoms with Gasteiger partial charge in [0.25, 0.3) is 5.91 Å². The van der Waals surface area contributed by atoms with E-state index in [2.05, 4.69) is 15.6 Å². The number of carbonyl (C=O) groups is 2. The van der Waals surface area contributed by atoms with Crippen LogP contribution in [0.3, 0.4) is 0 Å². The summed E-state index contributed by atoms with van der Waals surface area (Å²) in [5.74, 6) is 0.658. The largest absolute Gasteiger partial charge is 0.373 e. The summed E-state index contributed by atoms with van der Waals surface area (Å²) in [6.45, 7) is 6.84. The topological polar surface area (TPSA) is 74.3 Å². The summed E-state index contributed by atoms with van der Waals surface area (Å²) in [6, 6.07) is 3.10. The minimum absolute atomic E-state index is 0.110. The lowest BCUT2D eigenvalue weighted by Crippen LogP contribution is -2.55. The minimum atomic E-state index is -0.444. The number of pyridine rings is 1. The Morgan fingerprint density at radius 1 is 1.48 bits per heavy atom. The maximum absolute atomic E-state index is 12.7. The third-order valence-electron chi connectivity index (χ3n) is 3.70. The Morgan fingerprint density at radius 3 is 2.81 bits per heavy atom. The maximum Gasteiger partial charge on any atom is 0.254 e. The highest BCUT2D eigenvalue weighted by Crippen LogP contribution is 2.20. The number of carbonyl (C=O) groups excluding carboxylic acids is 2. The molecule has 1 aliphatic rings. The van der Waals surface area contributed by atoms with Crippen molar-refractivity contribution < 1.29 is 9.59 Å². The zero-order valence-corrected chi connectivity index (χ0v) is 12.9. The molecule has 1 atom stereocenters. The number of nitrogens with zero attached hydrogens (tertiary/aromatic N) is 2. The van der Waals surface area contributed by atoms with Crippen LogP contribution in [0.25, 0.3) is 0 Å². The molecule has 21 heavy (non-hydrogen) atoms. The molecular formula is C15H22N4O2. The summed E-state index contributed by atoms with van der Waals surface area (Å²) in [7, 11) is 1.78. The Labute approximate surface area is 124 Å². The van der Waals surface area contributed by atoms with Crippen molar-refractivity contribution in [1.82, 2.24) is 15.2 Å². The highest BCUT2D eigenvalue weighted by molar-refractivity contribution is 5.98. The van der Waals surface area contributed by atoms with Gasteiger partial charge in [0, 0.05) is 31.4 Å². The number of rotatable bonds is 3. The van der Waals surface area contributed by atoms with Crippen molar-refractivity contribution in [3.63, 3.8) is 0 Å². The Balaban J connectivity index is 2.33. The van der Waals surface area contributed by atoms with E-state index in [0.29, 0.717) is 24.5 Å². The fourth-order valence-corrected chi connectivity index (χ4v) is 2.32. The number of amides is 2. The molecule has 114 valence electrons. The normalized spacial score (nSPS) is 18.6. The van der Waals surface area contributed by atoms with E-state index in [0.717, 1.165) is 5.69 Å². The van der Waals surface area contributed by atoms with E-state index in [4.69, 9.17) is 0 Å². The van der Waals surface area contributed by atoms with Crippen molar-refractivity contribution in [3.8, 4) is 0 Å². The van der Waals surface area contributed by atoms with E-state index in [1.54, 1.807) is 24.9 Å². The molecule has 1 aromatic rings. The van der Waals surface area contributed by atoms with E-state index >= 15 is 0 Å². The van der Waals surface area contributed by atoms with Crippen molar-refractivity contribution in [2.24, 2.45) is 0 Å². The second kappa shape index (κ2) is 6.11. The summed E-state index contributed by atoms with van der Waals surface area (Å²) >= 11 is 0. The predicted octanol–water partition coefficient (Wildman–Crippen LogP) is 1.21. The van der Waals surface area contributed by atoms with E-state index in [1.165, 1.54) is 0 Å². The van der Waals surface area contributed by atoms with Gasteiger partial charge in [-0.2, -0.15) is 0 Å². The fourth-order valence-electron chi connectivity index (χ4n) is 2.32. The molecule has 2 N–H and O–H groups in total. The van der Waals surface area contributed by atoms with Crippen LogP contribution in [-0.2, 0) is 4.79 Å². The minimum Gasteiger partial charge on any atom is -0.373 e. The van der Waals surface area contributed by atoms with Crippen LogP contribution in [0.4, 0.5) is 5.82 Å². The van der Waals surface area contributed by atoms with Crippen molar-refractivity contribution in [2.45, 2.75) is 32.7 Å². The maximum atomic E-state index is 12.7. The molecule has 0 radical (unpaired) electrons. The highest BCUT2D eigenvalue weighted by atomic mass is 16.2. The number of nitrogens with one attached hydrogen (secondary N) is 2. The molecule has 2 amide bonds. The van der Waals surface area contributed by atoms with Crippen LogP contribution in [0.2, 0.25) is 0 Å². The lowest BCUT2D eigenvalue weighted by Gasteiger charge is -2.33. The molecule has 6 heteroatoms. The highest BCUT2D eigenvalue weighted by Gasteiger charge is 2.30. The van der Waals surface area contributed by atoms with Crippen LogP contribution in [0.5, 0.6) is 0 Å².